The van der Waals surface area contributed by atoms with Gasteiger partial charge >= 0.3 is 0 Å². The van der Waals surface area contributed by atoms with E-state index >= 15 is 0 Å². The van der Waals surface area contributed by atoms with Gasteiger partial charge in [0.05, 0.1) is 34.8 Å². The van der Waals surface area contributed by atoms with Crippen LogP contribution < -0.4 is 10.1 Å². The number of carbonyl (C=O) groups excluding carboxylic acids is 1. The molecule has 1 aromatic carbocycles. The average molecular weight is 334 g/mol. The van der Waals surface area contributed by atoms with Gasteiger partial charge < -0.3 is 15.0 Å². The summed E-state index contributed by atoms with van der Waals surface area (Å²) < 4.78 is 32.3. The summed E-state index contributed by atoms with van der Waals surface area (Å²) in [6, 6.07) is 4.49. The first-order valence-corrected chi connectivity index (χ1v) is 8.56. The lowest BCUT2D eigenvalue weighted by atomic mass is 10.2. The van der Waals surface area contributed by atoms with Crippen LogP contribution >= 0.6 is 0 Å². The van der Waals surface area contributed by atoms with Gasteiger partial charge in [-0.3, -0.25) is 4.79 Å². The van der Waals surface area contributed by atoms with Crippen molar-refractivity contribution in [3.8, 4) is 5.75 Å². The molecule has 0 radical (unpaired) electrons. The second-order valence-corrected chi connectivity index (χ2v) is 7.35. The summed E-state index contributed by atoms with van der Waals surface area (Å²) in [6.07, 6.45) is 2.15. The van der Waals surface area contributed by atoms with Crippen molar-refractivity contribution in [2.24, 2.45) is 0 Å². The van der Waals surface area contributed by atoms with Crippen molar-refractivity contribution < 1.29 is 17.9 Å². The summed E-state index contributed by atoms with van der Waals surface area (Å²) in [6.45, 7) is 0.575. The Morgan fingerprint density at radius 3 is 3.04 bits per heavy atom. The van der Waals surface area contributed by atoms with E-state index in [1.165, 1.54) is 16.4 Å². The van der Waals surface area contributed by atoms with Crippen molar-refractivity contribution in [3.63, 3.8) is 0 Å². The quantitative estimate of drug-likeness (QED) is 0.831. The Labute approximate surface area is 132 Å². The summed E-state index contributed by atoms with van der Waals surface area (Å²) >= 11 is 0. The molecule has 9 heteroatoms. The highest BCUT2D eigenvalue weighted by Crippen LogP contribution is 2.32. The molecule has 0 fully saturated rings. The third kappa shape index (κ3) is 2.37. The molecule has 2 aliphatic rings. The zero-order valence-electron chi connectivity index (χ0n) is 12.1. The fraction of sp³-hybridized carbons (Fsp3) is 0.286. The molecular formula is C14H14N4O4S. The van der Waals surface area contributed by atoms with Crippen molar-refractivity contribution in [1.82, 2.24) is 14.3 Å². The molecule has 0 atom stereocenters. The number of aromatic amines is 1. The molecule has 4 rings (SSSR count). The average Bonchev–Trinajstić information content (AvgIpc) is 3.01. The Morgan fingerprint density at radius 2 is 2.17 bits per heavy atom. The number of nitrogens with zero attached hydrogens (tertiary/aromatic N) is 2. The number of ether oxygens (including phenoxy) is 1. The standard InChI is InChI=1S/C14H14N4O4S/c19-14-7-22-13-2-1-9(5-11(13)17-14)23(20,21)18-4-3-10-12(6-18)16-8-15-10/h1-2,5,8H,3-4,6-7H2,(H,15,16)(H,17,19). The van der Waals surface area contributed by atoms with Crippen LogP contribution in [-0.4, -0.2) is 41.7 Å². The summed E-state index contributed by atoms with van der Waals surface area (Å²) in [7, 11) is -3.65. The number of aromatic nitrogens is 2. The highest BCUT2D eigenvalue weighted by molar-refractivity contribution is 7.89. The number of carbonyl (C=O) groups is 1. The number of fused-ring (bicyclic) bond motifs is 2. The molecule has 0 spiro atoms. The van der Waals surface area contributed by atoms with Crippen molar-refractivity contribution in [3.05, 3.63) is 35.9 Å². The number of rotatable bonds is 2. The van der Waals surface area contributed by atoms with Gasteiger partial charge in [-0.2, -0.15) is 4.31 Å². The molecular weight excluding hydrogens is 320 g/mol. The summed E-state index contributed by atoms with van der Waals surface area (Å²) in [5, 5.41) is 2.62. The van der Waals surface area contributed by atoms with E-state index in [1.54, 1.807) is 12.4 Å². The first-order chi connectivity index (χ1) is 11.0. The Kier molecular flexibility index (Phi) is 3.13. The van der Waals surface area contributed by atoms with Crippen molar-refractivity contribution in [1.29, 1.82) is 0 Å². The van der Waals surface area contributed by atoms with Crippen molar-refractivity contribution in [2.75, 3.05) is 18.5 Å². The zero-order valence-corrected chi connectivity index (χ0v) is 12.9. The maximum Gasteiger partial charge on any atom is 0.262 e. The van der Waals surface area contributed by atoms with Gasteiger partial charge in [0.15, 0.2) is 6.61 Å². The van der Waals surface area contributed by atoms with Gasteiger partial charge in [0.25, 0.3) is 5.91 Å². The largest absolute Gasteiger partial charge is 0.482 e. The molecule has 1 aromatic heterocycles. The van der Waals surface area contributed by atoms with E-state index in [1.807, 2.05) is 0 Å². The summed E-state index contributed by atoms with van der Waals surface area (Å²) in [4.78, 5) is 18.7. The molecule has 23 heavy (non-hydrogen) atoms. The first kappa shape index (κ1) is 14.2. The minimum atomic E-state index is -3.65. The molecule has 1 amide bonds. The Morgan fingerprint density at radius 1 is 1.30 bits per heavy atom. The Hall–Kier alpha value is -2.39. The van der Waals surface area contributed by atoms with E-state index < -0.39 is 10.0 Å². The molecule has 8 nitrogen and oxygen atoms in total. The molecule has 120 valence electrons. The second-order valence-electron chi connectivity index (χ2n) is 5.41. The number of sulfonamides is 1. The van der Waals surface area contributed by atoms with E-state index in [2.05, 4.69) is 15.3 Å². The number of hydrogen-bond acceptors (Lipinski definition) is 5. The zero-order chi connectivity index (χ0) is 16.0. The molecule has 0 aliphatic carbocycles. The maximum absolute atomic E-state index is 12.8. The van der Waals surface area contributed by atoms with Crippen LogP contribution in [0.3, 0.4) is 0 Å². The highest BCUT2D eigenvalue weighted by atomic mass is 32.2. The highest BCUT2D eigenvalue weighted by Gasteiger charge is 2.30. The predicted octanol–water partition coefficient (Wildman–Crippen LogP) is 0.488. The lowest BCUT2D eigenvalue weighted by molar-refractivity contribution is -0.118. The van der Waals surface area contributed by atoms with Gasteiger partial charge in [-0.1, -0.05) is 0 Å². The molecule has 0 bridgehead atoms. The molecule has 0 saturated carbocycles. The number of imidazole rings is 1. The van der Waals surface area contributed by atoms with Gasteiger partial charge in [-0.15, -0.1) is 0 Å². The normalized spacial score (nSPS) is 17.8. The predicted molar refractivity (Wildman–Crippen MR) is 80.5 cm³/mol. The molecule has 2 aliphatic heterocycles. The molecule has 0 saturated heterocycles. The summed E-state index contributed by atoms with van der Waals surface area (Å²) in [5.74, 6) is 0.171. The second kappa shape index (κ2) is 5.07. The van der Waals surface area contributed by atoms with Crippen LogP contribution in [0.5, 0.6) is 5.75 Å². The lowest BCUT2D eigenvalue weighted by Gasteiger charge is -2.26. The maximum atomic E-state index is 12.8. The van der Waals surface area contributed by atoms with Gasteiger partial charge in [-0.05, 0) is 18.2 Å². The number of hydrogen-bond donors (Lipinski definition) is 2. The van der Waals surface area contributed by atoms with Crippen LogP contribution in [0.2, 0.25) is 0 Å². The third-order valence-electron chi connectivity index (χ3n) is 3.96. The van der Waals surface area contributed by atoms with Gasteiger partial charge in [0.1, 0.15) is 5.75 Å². The molecule has 3 heterocycles. The van der Waals surface area contributed by atoms with Crippen LogP contribution in [-0.2, 0) is 27.8 Å². The van der Waals surface area contributed by atoms with E-state index in [-0.39, 0.29) is 24.0 Å². The van der Waals surface area contributed by atoms with Crippen molar-refractivity contribution in [2.45, 2.75) is 17.9 Å². The van der Waals surface area contributed by atoms with Gasteiger partial charge in [-0.25, -0.2) is 13.4 Å². The minimum Gasteiger partial charge on any atom is -0.482 e. The number of amides is 1. The minimum absolute atomic E-state index is 0.0617. The summed E-state index contributed by atoms with van der Waals surface area (Å²) in [5.41, 5.74) is 2.10. The van der Waals surface area contributed by atoms with E-state index in [0.717, 1.165) is 11.4 Å². The number of anilines is 1. The van der Waals surface area contributed by atoms with Crippen LogP contribution in [0.15, 0.2) is 29.4 Å². The SMILES string of the molecule is O=C1COc2ccc(S(=O)(=O)N3CCc4nc[nH]c4C3)cc2N1. The Balaban J connectivity index is 1.67. The molecule has 0 unspecified atom stereocenters. The van der Waals surface area contributed by atoms with E-state index in [4.69, 9.17) is 4.74 Å². The fourth-order valence-corrected chi connectivity index (χ4v) is 4.20. The van der Waals surface area contributed by atoms with Crippen molar-refractivity contribution >= 4 is 21.6 Å². The fourth-order valence-electron chi connectivity index (χ4n) is 2.76. The first-order valence-electron chi connectivity index (χ1n) is 7.12. The van der Waals surface area contributed by atoms with Crippen LogP contribution in [0, 0.1) is 0 Å². The number of H-pyrrole nitrogens is 1. The number of benzene rings is 1. The van der Waals surface area contributed by atoms with Gasteiger partial charge in [0.2, 0.25) is 10.0 Å². The van der Waals surface area contributed by atoms with Crippen LogP contribution in [0.4, 0.5) is 5.69 Å². The van der Waals surface area contributed by atoms with E-state index in [9.17, 15) is 13.2 Å². The van der Waals surface area contributed by atoms with Gasteiger partial charge in [0, 0.05) is 13.0 Å². The number of nitrogens with one attached hydrogen (secondary N) is 2. The Bertz CT molecular complexity index is 890. The van der Waals surface area contributed by atoms with E-state index in [0.29, 0.717) is 24.4 Å². The molecule has 2 N–H and O–H groups in total. The van der Waals surface area contributed by atoms with Crippen LogP contribution in [0.25, 0.3) is 0 Å². The van der Waals surface area contributed by atoms with Crippen LogP contribution in [0.1, 0.15) is 11.4 Å². The smallest absolute Gasteiger partial charge is 0.262 e. The monoisotopic (exact) mass is 334 g/mol. The lowest BCUT2D eigenvalue weighted by Crippen LogP contribution is -2.36. The third-order valence-corrected chi connectivity index (χ3v) is 5.80. The topological polar surface area (TPSA) is 104 Å². The molecule has 2 aromatic rings.